The van der Waals surface area contributed by atoms with Gasteiger partial charge in [-0.1, -0.05) is 12.8 Å². The molecule has 1 N–H and O–H groups in total. The van der Waals surface area contributed by atoms with Gasteiger partial charge in [0.05, 0.1) is 6.54 Å². The molecule has 2 amide bonds. The van der Waals surface area contributed by atoms with Crippen molar-refractivity contribution in [1.82, 2.24) is 20.2 Å². The molecular formula is C14H20N4O2. The molecule has 0 aromatic carbocycles. The van der Waals surface area contributed by atoms with E-state index in [2.05, 4.69) is 15.3 Å². The number of rotatable bonds is 3. The summed E-state index contributed by atoms with van der Waals surface area (Å²) in [6.45, 7) is 1.37. The van der Waals surface area contributed by atoms with Crippen molar-refractivity contribution in [3.63, 3.8) is 0 Å². The molecular weight excluding hydrogens is 256 g/mol. The van der Waals surface area contributed by atoms with Crippen LogP contribution in [-0.2, 0) is 0 Å². The molecule has 0 radical (unpaired) electrons. The predicted molar refractivity (Wildman–Crippen MR) is 73.4 cm³/mol. The van der Waals surface area contributed by atoms with Gasteiger partial charge in [-0.05, 0) is 12.8 Å². The van der Waals surface area contributed by atoms with Gasteiger partial charge in [0.25, 0.3) is 0 Å². The number of hydrogen-bond acceptors (Lipinski definition) is 4. The van der Waals surface area contributed by atoms with Gasteiger partial charge in [0.15, 0.2) is 0 Å². The van der Waals surface area contributed by atoms with Gasteiger partial charge in [0.2, 0.25) is 5.88 Å². The predicted octanol–water partition coefficient (Wildman–Crippen LogP) is 1.58. The number of ether oxygens (including phenoxy) is 1. The monoisotopic (exact) mass is 276 g/mol. The number of likely N-dealkylation sites (tertiary alicyclic amines) is 1. The Hall–Kier alpha value is -1.85. The van der Waals surface area contributed by atoms with E-state index in [4.69, 9.17) is 4.74 Å². The molecule has 3 rings (SSSR count). The van der Waals surface area contributed by atoms with Crippen molar-refractivity contribution in [1.29, 1.82) is 0 Å². The smallest absolute Gasteiger partial charge is 0.317 e. The Morgan fingerprint density at radius 3 is 2.95 bits per heavy atom. The molecule has 108 valence electrons. The highest BCUT2D eigenvalue weighted by molar-refractivity contribution is 5.74. The average Bonchev–Trinajstić information content (AvgIpc) is 3.11. The summed E-state index contributed by atoms with van der Waals surface area (Å²) in [4.78, 5) is 21.9. The van der Waals surface area contributed by atoms with Crippen molar-refractivity contribution in [2.45, 2.75) is 44.2 Å². The molecule has 1 aromatic heterocycles. The lowest BCUT2D eigenvalue weighted by Gasteiger charge is -2.20. The highest BCUT2D eigenvalue weighted by atomic mass is 16.5. The molecule has 0 unspecified atom stereocenters. The number of nitrogens with one attached hydrogen (secondary N) is 1. The van der Waals surface area contributed by atoms with Crippen LogP contribution in [0.25, 0.3) is 0 Å². The summed E-state index contributed by atoms with van der Waals surface area (Å²) in [6, 6.07) is 2.15. The van der Waals surface area contributed by atoms with E-state index in [1.54, 1.807) is 12.3 Å². The third-order valence-corrected chi connectivity index (χ3v) is 3.96. The van der Waals surface area contributed by atoms with Crippen LogP contribution in [0, 0.1) is 0 Å². The Bertz CT molecular complexity index is 448. The molecule has 2 heterocycles. The average molecular weight is 276 g/mol. The van der Waals surface area contributed by atoms with Crippen molar-refractivity contribution in [3.05, 3.63) is 18.6 Å². The van der Waals surface area contributed by atoms with Gasteiger partial charge < -0.3 is 15.0 Å². The van der Waals surface area contributed by atoms with Crippen molar-refractivity contribution >= 4 is 6.03 Å². The van der Waals surface area contributed by atoms with E-state index in [1.165, 1.54) is 19.2 Å². The van der Waals surface area contributed by atoms with E-state index in [1.807, 2.05) is 4.90 Å². The number of nitrogens with zero attached hydrogens (tertiary/aromatic N) is 3. The minimum absolute atomic E-state index is 0.0271. The van der Waals surface area contributed by atoms with E-state index in [0.29, 0.717) is 18.5 Å². The summed E-state index contributed by atoms with van der Waals surface area (Å²) in [6.07, 6.45) is 8.67. The third kappa shape index (κ3) is 3.18. The van der Waals surface area contributed by atoms with E-state index >= 15 is 0 Å². The van der Waals surface area contributed by atoms with Crippen molar-refractivity contribution in [2.75, 3.05) is 13.1 Å². The van der Waals surface area contributed by atoms with Crippen molar-refractivity contribution < 1.29 is 9.53 Å². The Labute approximate surface area is 118 Å². The van der Waals surface area contributed by atoms with Gasteiger partial charge in [-0.2, -0.15) is 0 Å². The van der Waals surface area contributed by atoms with Crippen LogP contribution in [-0.4, -0.2) is 46.1 Å². The first-order chi connectivity index (χ1) is 9.81. The standard InChI is InChI=1S/C14H20N4O2/c19-14(17-11-3-1-2-4-11)18-8-6-12(9-18)20-13-5-7-15-10-16-13/h5,7,10-12H,1-4,6,8-9H2,(H,17,19)/t12-/m0/s1. The zero-order chi connectivity index (χ0) is 13.8. The Balaban J connectivity index is 1.47. The van der Waals surface area contributed by atoms with Gasteiger partial charge in [-0.3, -0.25) is 0 Å². The largest absolute Gasteiger partial charge is 0.472 e. The molecule has 0 bridgehead atoms. The lowest BCUT2D eigenvalue weighted by atomic mass is 10.2. The maximum Gasteiger partial charge on any atom is 0.317 e. The summed E-state index contributed by atoms with van der Waals surface area (Å²) >= 11 is 0. The zero-order valence-electron chi connectivity index (χ0n) is 11.5. The summed E-state index contributed by atoms with van der Waals surface area (Å²) in [7, 11) is 0. The summed E-state index contributed by atoms with van der Waals surface area (Å²) in [5.74, 6) is 0.572. The quantitative estimate of drug-likeness (QED) is 0.910. The molecule has 1 saturated heterocycles. The summed E-state index contributed by atoms with van der Waals surface area (Å²) in [5.41, 5.74) is 0. The fourth-order valence-corrected chi connectivity index (χ4v) is 2.86. The molecule has 0 spiro atoms. The molecule has 2 fully saturated rings. The van der Waals surface area contributed by atoms with Crippen LogP contribution in [0.4, 0.5) is 4.79 Å². The first-order valence-corrected chi connectivity index (χ1v) is 7.29. The molecule has 1 atom stereocenters. The van der Waals surface area contributed by atoms with Crippen LogP contribution >= 0.6 is 0 Å². The SMILES string of the molecule is O=C(NC1CCCC1)N1CC[C@H](Oc2ccncn2)C1. The second kappa shape index (κ2) is 6.07. The molecule has 1 saturated carbocycles. The molecule has 1 aliphatic heterocycles. The van der Waals surface area contributed by atoms with Crippen molar-refractivity contribution in [2.24, 2.45) is 0 Å². The Kier molecular flexibility index (Phi) is 3.99. The number of amides is 2. The topological polar surface area (TPSA) is 67.4 Å². The first kappa shape index (κ1) is 13.1. The lowest BCUT2D eigenvalue weighted by Crippen LogP contribution is -2.43. The fourth-order valence-electron chi connectivity index (χ4n) is 2.86. The minimum atomic E-state index is 0.0271. The van der Waals surface area contributed by atoms with Gasteiger partial charge >= 0.3 is 6.03 Å². The number of aromatic nitrogens is 2. The minimum Gasteiger partial charge on any atom is -0.472 e. The van der Waals surface area contributed by atoms with Crippen LogP contribution < -0.4 is 10.1 Å². The van der Waals surface area contributed by atoms with Crippen LogP contribution in [0.1, 0.15) is 32.1 Å². The maximum atomic E-state index is 12.1. The summed E-state index contributed by atoms with van der Waals surface area (Å²) in [5, 5.41) is 3.11. The number of carbonyl (C=O) groups excluding carboxylic acids is 1. The van der Waals surface area contributed by atoms with E-state index in [9.17, 15) is 4.79 Å². The van der Waals surface area contributed by atoms with Gasteiger partial charge in [0.1, 0.15) is 12.4 Å². The normalized spacial score (nSPS) is 23.0. The molecule has 6 nitrogen and oxygen atoms in total. The van der Waals surface area contributed by atoms with Crippen LogP contribution in [0.3, 0.4) is 0 Å². The van der Waals surface area contributed by atoms with Crippen molar-refractivity contribution in [3.8, 4) is 5.88 Å². The number of hydrogen-bond donors (Lipinski definition) is 1. The summed E-state index contributed by atoms with van der Waals surface area (Å²) < 4.78 is 5.75. The second-order valence-electron chi connectivity index (χ2n) is 5.45. The molecule has 2 aliphatic rings. The van der Waals surface area contributed by atoms with E-state index in [0.717, 1.165) is 25.8 Å². The molecule has 6 heteroatoms. The zero-order valence-corrected chi connectivity index (χ0v) is 11.5. The van der Waals surface area contributed by atoms with Gasteiger partial charge in [-0.25, -0.2) is 14.8 Å². The van der Waals surface area contributed by atoms with Crippen LogP contribution in [0.5, 0.6) is 5.88 Å². The number of urea groups is 1. The van der Waals surface area contributed by atoms with Gasteiger partial charge in [-0.15, -0.1) is 0 Å². The maximum absolute atomic E-state index is 12.1. The van der Waals surface area contributed by atoms with Gasteiger partial charge in [0, 0.05) is 31.3 Å². The molecule has 1 aromatic rings. The van der Waals surface area contributed by atoms with Crippen LogP contribution in [0.15, 0.2) is 18.6 Å². The second-order valence-corrected chi connectivity index (χ2v) is 5.45. The Morgan fingerprint density at radius 1 is 1.35 bits per heavy atom. The highest BCUT2D eigenvalue weighted by Gasteiger charge is 2.29. The fraction of sp³-hybridized carbons (Fsp3) is 0.643. The third-order valence-electron chi connectivity index (χ3n) is 3.96. The Morgan fingerprint density at radius 2 is 2.20 bits per heavy atom. The number of carbonyl (C=O) groups is 1. The van der Waals surface area contributed by atoms with Crippen LogP contribution in [0.2, 0.25) is 0 Å². The lowest BCUT2D eigenvalue weighted by molar-refractivity contribution is 0.181. The molecule has 20 heavy (non-hydrogen) atoms. The highest BCUT2D eigenvalue weighted by Crippen LogP contribution is 2.19. The van der Waals surface area contributed by atoms with E-state index in [-0.39, 0.29) is 12.1 Å². The van der Waals surface area contributed by atoms with E-state index < -0.39 is 0 Å². The first-order valence-electron chi connectivity index (χ1n) is 7.29. The molecule has 1 aliphatic carbocycles.